The molecule has 0 saturated carbocycles. The van der Waals surface area contributed by atoms with Crippen LogP contribution in [0.4, 0.5) is 8.78 Å². The Labute approximate surface area is 130 Å². The predicted octanol–water partition coefficient (Wildman–Crippen LogP) is 5.67. The number of aryl methyl sites for hydroxylation is 5. The van der Waals surface area contributed by atoms with Crippen molar-refractivity contribution >= 4 is 0 Å². The molecule has 22 heavy (non-hydrogen) atoms. The van der Waals surface area contributed by atoms with Crippen LogP contribution in [-0.2, 0) is 6.11 Å². The van der Waals surface area contributed by atoms with E-state index in [1.807, 2.05) is 27.7 Å². The van der Waals surface area contributed by atoms with Gasteiger partial charge in [-0.1, -0.05) is 17.7 Å². The van der Waals surface area contributed by atoms with Gasteiger partial charge in [-0.2, -0.15) is 8.78 Å². The van der Waals surface area contributed by atoms with Crippen LogP contribution in [0.15, 0.2) is 24.3 Å². The minimum absolute atomic E-state index is 0.0472. The summed E-state index contributed by atoms with van der Waals surface area (Å²) >= 11 is 0. The molecule has 0 radical (unpaired) electrons. The molecule has 2 aromatic rings. The average Bonchev–Trinajstić information content (AvgIpc) is 2.33. The van der Waals surface area contributed by atoms with E-state index in [0.29, 0.717) is 11.1 Å². The van der Waals surface area contributed by atoms with E-state index in [9.17, 15) is 8.78 Å². The second kappa shape index (κ2) is 5.71. The van der Waals surface area contributed by atoms with Crippen LogP contribution in [0, 0.1) is 41.5 Å². The first-order valence-corrected chi connectivity index (χ1v) is 7.35. The molecule has 0 fully saturated rings. The molecule has 118 valence electrons. The highest BCUT2D eigenvalue weighted by molar-refractivity contribution is 5.43. The third-order valence-electron chi connectivity index (χ3n) is 4.11. The van der Waals surface area contributed by atoms with Crippen LogP contribution in [0.5, 0.6) is 5.75 Å². The lowest BCUT2D eigenvalue weighted by Crippen LogP contribution is -2.24. The summed E-state index contributed by atoms with van der Waals surface area (Å²) in [4.78, 5) is 0. The lowest BCUT2D eigenvalue weighted by Gasteiger charge is -2.23. The monoisotopic (exact) mass is 304 g/mol. The summed E-state index contributed by atoms with van der Waals surface area (Å²) in [6.45, 7) is 11.1. The van der Waals surface area contributed by atoms with E-state index in [1.165, 1.54) is 0 Å². The molecule has 0 aliphatic carbocycles. The molecule has 0 aliphatic heterocycles. The standard InChI is InChI=1S/C19H22F2O/c1-11-7-14(4)18(15(5)8-11)19(20,21)22-17-9-12(2)16(6)13(3)10-17/h7-10H,1-6H3. The van der Waals surface area contributed by atoms with E-state index in [4.69, 9.17) is 4.74 Å². The molecule has 0 unspecified atom stereocenters. The highest BCUT2D eigenvalue weighted by Gasteiger charge is 2.37. The number of benzene rings is 2. The lowest BCUT2D eigenvalue weighted by molar-refractivity contribution is -0.186. The normalized spacial score (nSPS) is 11.6. The molecule has 0 saturated heterocycles. The van der Waals surface area contributed by atoms with E-state index >= 15 is 0 Å². The van der Waals surface area contributed by atoms with E-state index in [0.717, 1.165) is 22.3 Å². The molecule has 0 N–H and O–H groups in total. The van der Waals surface area contributed by atoms with Crippen LogP contribution in [0.2, 0.25) is 0 Å². The summed E-state index contributed by atoms with van der Waals surface area (Å²) in [5.41, 5.74) is 5.00. The summed E-state index contributed by atoms with van der Waals surface area (Å²) in [5, 5.41) is 0. The second-order valence-electron chi connectivity index (χ2n) is 6.07. The minimum atomic E-state index is -3.35. The van der Waals surface area contributed by atoms with Crippen molar-refractivity contribution in [1.29, 1.82) is 0 Å². The summed E-state index contributed by atoms with van der Waals surface area (Å²) < 4.78 is 34.3. The van der Waals surface area contributed by atoms with Gasteiger partial charge in [0.05, 0.1) is 5.56 Å². The zero-order valence-corrected chi connectivity index (χ0v) is 14.0. The Morgan fingerprint density at radius 2 is 1.18 bits per heavy atom. The predicted molar refractivity (Wildman–Crippen MR) is 85.8 cm³/mol. The summed E-state index contributed by atoms with van der Waals surface area (Å²) in [5.74, 6) is 0.199. The van der Waals surface area contributed by atoms with Gasteiger partial charge in [-0.15, -0.1) is 0 Å². The molecule has 2 aromatic carbocycles. The van der Waals surface area contributed by atoms with Gasteiger partial charge in [-0.05, 0) is 81.5 Å². The van der Waals surface area contributed by atoms with E-state index in [1.54, 1.807) is 38.1 Å². The third-order valence-corrected chi connectivity index (χ3v) is 4.11. The first kappa shape index (κ1) is 16.5. The molecule has 0 amide bonds. The molecule has 0 heterocycles. The number of hydrogen-bond donors (Lipinski definition) is 0. The Morgan fingerprint density at radius 1 is 0.727 bits per heavy atom. The van der Waals surface area contributed by atoms with Crippen molar-refractivity contribution in [3.05, 3.63) is 63.2 Å². The number of halogens is 2. The van der Waals surface area contributed by atoms with E-state index in [2.05, 4.69) is 0 Å². The molecule has 0 bridgehead atoms. The fourth-order valence-electron chi connectivity index (χ4n) is 2.89. The van der Waals surface area contributed by atoms with Crippen LogP contribution >= 0.6 is 0 Å². The molecule has 0 spiro atoms. The zero-order chi connectivity index (χ0) is 16.7. The Hall–Kier alpha value is -1.90. The maximum Gasteiger partial charge on any atom is 0.427 e. The first-order valence-electron chi connectivity index (χ1n) is 7.35. The smallest absolute Gasteiger partial charge is 0.427 e. The Bertz CT molecular complexity index is 671. The van der Waals surface area contributed by atoms with Gasteiger partial charge >= 0.3 is 6.11 Å². The van der Waals surface area contributed by atoms with Gasteiger partial charge in [-0.25, -0.2) is 0 Å². The quantitative estimate of drug-likeness (QED) is 0.710. The van der Waals surface area contributed by atoms with Crippen molar-refractivity contribution in [2.75, 3.05) is 0 Å². The zero-order valence-electron chi connectivity index (χ0n) is 14.0. The van der Waals surface area contributed by atoms with Gasteiger partial charge in [0, 0.05) is 0 Å². The van der Waals surface area contributed by atoms with Crippen molar-refractivity contribution in [3.63, 3.8) is 0 Å². The Balaban J connectivity index is 2.44. The van der Waals surface area contributed by atoms with Crippen molar-refractivity contribution in [2.45, 2.75) is 47.7 Å². The molecule has 0 aliphatic rings. The number of alkyl halides is 2. The van der Waals surface area contributed by atoms with Crippen LogP contribution in [0.1, 0.15) is 38.9 Å². The van der Waals surface area contributed by atoms with Crippen molar-refractivity contribution in [2.24, 2.45) is 0 Å². The fraction of sp³-hybridized carbons (Fsp3) is 0.368. The van der Waals surface area contributed by atoms with Crippen molar-refractivity contribution in [3.8, 4) is 5.75 Å². The number of rotatable bonds is 3. The largest absolute Gasteiger partial charge is 0.429 e. The minimum Gasteiger partial charge on any atom is -0.429 e. The second-order valence-corrected chi connectivity index (χ2v) is 6.07. The van der Waals surface area contributed by atoms with Crippen LogP contribution in [0.25, 0.3) is 0 Å². The Kier molecular flexibility index (Phi) is 4.28. The fourth-order valence-corrected chi connectivity index (χ4v) is 2.89. The SMILES string of the molecule is Cc1cc(C)c(C(F)(F)Oc2cc(C)c(C)c(C)c2)c(C)c1. The highest BCUT2D eigenvalue weighted by atomic mass is 19.3. The first-order chi connectivity index (χ1) is 10.1. The number of ether oxygens (including phenoxy) is 1. The lowest BCUT2D eigenvalue weighted by atomic mass is 9.99. The topological polar surface area (TPSA) is 9.23 Å². The van der Waals surface area contributed by atoms with Crippen LogP contribution in [-0.4, -0.2) is 0 Å². The van der Waals surface area contributed by atoms with Gasteiger partial charge in [0.15, 0.2) is 0 Å². The van der Waals surface area contributed by atoms with Gasteiger partial charge < -0.3 is 4.74 Å². The van der Waals surface area contributed by atoms with E-state index < -0.39 is 6.11 Å². The van der Waals surface area contributed by atoms with Crippen molar-refractivity contribution in [1.82, 2.24) is 0 Å². The van der Waals surface area contributed by atoms with Gasteiger partial charge in [0.2, 0.25) is 0 Å². The van der Waals surface area contributed by atoms with Crippen molar-refractivity contribution < 1.29 is 13.5 Å². The third kappa shape index (κ3) is 3.13. The maximum atomic E-state index is 14.6. The maximum absolute atomic E-state index is 14.6. The summed E-state index contributed by atoms with van der Waals surface area (Å²) in [7, 11) is 0. The molecule has 1 nitrogen and oxygen atoms in total. The molecular weight excluding hydrogens is 282 g/mol. The summed E-state index contributed by atoms with van der Waals surface area (Å²) in [6, 6.07) is 6.83. The van der Waals surface area contributed by atoms with Crippen LogP contribution in [0.3, 0.4) is 0 Å². The highest BCUT2D eigenvalue weighted by Crippen LogP contribution is 2.37. The molecule has 0 atom stereocenters. The Morgan fingerprint density at radius 3 is 1.64 bits per heavy atom. The van der Waals surface area contributed by atoms with Gasteiger partial charge in [0.1, 0.15) is 5.75 Å². The molecule has 2 rings (SSSR count). The molecular formula is C19H22F2O. The molecule has 0 aromatic heterocycles. The molecule has 3 heteroatoms. The van der Waals surface area contributed by atoms with Crippen LogP contribution < -0.4 is 4.74 Å². The van der Waals surface area contributed by atoms with Gasteiger partial charge in [-0.3, -0.25) is 0 Å². The number of hydrogen-bond acceptors (Lipinski definition) is 1. The van der Waals surface area contributed by atoms with E-state index in [-0.39, 0.29) is 11.3 Å². The van der Waals surface area contributed by atoms with Gasteiger partial charge in [0.25, 0.3) is 0 Å². The summed E-state index contributed by atoms with van der Waals surface area (Å²) in [6.07, 6.45) is -3.35. The average molecular weight is 304 g/mol.